The molecular weight excluding hydrogens is 402 g/mol. The fourth-order valence-electron chi connectivity index (χ4n) is 4.62. The van der Waals surface area contributed by atoms with Crippen molar-refractivity contribution >= 4 is 17.5 Å². The van der Waals surface area contributed by atoms with Gasteiger partial charge < -0.3 is 15.0 Å². The van der Waals surface area contributed by atoms with Crippen LogP contribution in [0.3, 0.4) is 0 Å². The summed E-state index contributed by atoms with van der Waals surface area (Å²) in [5.41, 5.74) is 3.19. The molecule has 0 aliphatic carbocycles. The standard InChI is InChI=1S/C26H33N3O3/c1-32-24-11-9-23(10-12-24)29-19-22(16-25(29)30)26(31)27-17-20-7-6-8-21(15-20)18-28-13-4-2-3-5-14-28/h6-12,15,22H,2-5,13-14,16-19H2,1H3,(H,27,31). The summed E-state index contributed by atoms with van der Waals surface area (Å²) in [5, 5.41) is 3.04. The van der Waals surface area contributed by atoms with Crippen molar-refractivity contribution in [3.8, 4) is 5.75 Å². The van der Waals surface area contributed by atoms with Crippen LogP contribution in [-0.4, -0.2) is 43.5 Å². The number of methoxy groups -OCH3 is 1. The number of nitrogens with zero attached hydrogens (tertiary/aromatic N) is 2. The van der Waals surface area contributed by atoms with Crippen LogP contribution in [0.25, 0.3) is 0 Å². The average molecular weight is 436 g/mol. The Morgan fingerprint density at radius 1 is 1.03 bits per heavy atom. The molecule has 0 aromatic heterocycles. The molecule has 0 spiro atoms. The van der Waals surface area contributed by atoms with Gasteiger partial charge in [-0.25, -0.2) is 0 Å². The van der Waals surface area contributed by atoms with Crippen LogP contribution in [0.5, 0.6) is 5.75 Å². The molecule has 1 atom stereocenters. The molecule has 1 unspecified atom stereocenters. The Bertz CT molecular complexity index is 920. The van der Waals surface area contributed by atoms with Gasteiger partial charge in [-0.1, -0.05) is 37.1 Å². The van der Waals surface area contributed by atoms with Crippen molar-refractivity contribution in [3.63, 3.8) is 0 Å². The molecule has 2 aromatic carbocycles. The minimum Gasteiger partial charge on any atom is -0.497 e. The van der Waals surface area contributed by atoms with Crippen molar-refractivity contribution in [3.05, 3.63) is 59.7 Å². The molecule has 6 heteroatoms. The van der Waals surface area contributed by atoms with Crippen molar-refractivity contribution in [2.45, 2.75) is 45.2 Å². The third-order valence-electron chi connectivity index (χ3n) is 6.44. The zero-order valence-electron chi connectivity index (χ0n) is 18.9. The highest BCUT2D eigenvalue weighted by Gasteiger charge is 2.35. The van der Waals surface area contributed by atoms with Crippen LogP contribution >= 0.6 is 0 Å². The first-order chi connectivity index (χ1) is 15.6. The average Bonchev–Trinajstić information content (AvgIpc) is 3.02. The molecule has 2 aliphatic heterocycles. The van der Waals surface area contributed by atoms with Gasteiger partial charge in [0.25, 0.3) is 0 Å². The fraction of sp³-hybridized carbons (Fsp3) is 0.462. The van der Waals surface area contributed by atoms with Crippen LogP contribution in [0.1, 0.15) is 43.2 Å². The Morgan fingerprint density at radius 3 is 2.47 bits per heavy atom. The molecule has 2 aliphatic rings. The zero-order chi connectivity index (χ0) is 22.3. The predicted octanol–water partition coefficient (Wildman–Crippen LogP) is 3.74. The molecule has 2 fully saturated rings. The van der Waals surface area contributed by atoms with E-state index in [1.165, 1.54) is 44.3 Å². The van der Waals surface area contributed by atoms with Gasteiger partial charge in [-0.05, 0) is 61.3 Å². The Hall–Kier alpha value is -2.86. The van der Waals surface area contributed by atoms with Gasteiger partial charge >= 0.3 is 0 Å². The summed E-state index contributed by atoms with van der Waals surface area (Å²) in [6.07, 6.45) is 5.48. The van der Waals surface area contributed by atoms with E-state index in [0.717, 1.165) is 23.5 Å². The molecule has 1 N–H and O–H groups in total. The molecule has 0 saturated carbocycles. The summed E-state index contributed by atoms with van der Waals surface area (Å²) in [5.74, 6) is 0.333. The van der Waals surface area contributed by atoms with Gasteiger partial charge in [0.15, 0.2) is 0 Å². The van der Waals surface area contributed by atoms with Gasteiger partial charge in [0.2, 0.25) is 11.8 Å². The van der Waals surface area contributed by atoms with E-state index in [-0.39, 0.29) is 24.2 Å². The second kappa shape index (κ2) is 10.6. The molecule has 32 heavy (non-hydrogen) atoms. The zero-order valence-corrected chi connectivity index (χ0v) is 18.9. The monoisotopic (exact) mass is 435 g/mol. The van der Waals surface area contributed by atoms with E-state index in [0.29, 0.717) is 13.1 Å². The van der Waals surface area contributed by atoms with Crippen LogP contribution in [0.15, 0.2) is 48.5 Å². The van der Waals surface area contributed by atoms with Crippen LogP contribution in [0.2, 0.25) is 0 Å². The van der Waals surface area contributed by atoms with Crippen LogP contribution in [0, 0.1) is 5.92 Å². The van der Waals surface area contributed by atoms with Crippen molar-refractivity contribution in [2.75, 3.05) is 31.6 Å². The number of hydrogen-bond donors (Lipinski definition) is 1. The normalized spacial score (nSPS) is 19.6. The molecule has 6 nitrogen and oxygen atoms in total. The van der Waals surface area contributed by atoms with E-state index >= 15 is 0 Å². The van der Waals surface area contributed by atoms with Gasteiger partial charge in [-0.15, -0.1) is 0 Å². The highest BCUT2D eigenvalue weighted by Crippen LogP contribution is 2.27. The maximum absolute atomic E-state index is 12.8. The first-order valence-electron chi connectivity index (χ1n) is 11.6. The quantitative estimate of drug-likeness (QED) is 0.720. The number of nitrogens with one attached hydrogen (secondary N) is 1. The third-order valence-corrected chi connectivity index (χ3v) is 6.44. The summed E-state index contributed by atoms with van der Waals surface area (Å²) < 4.78 is 5.18. The van der Waals surface area contributed by atoms with E-state index in [2.05, 4.69) is 34.5 Å². The van der Waals surface area contributed by atoms with E-state index < -0.39 is 0 Å². The van der Waals surface area contributed by atoms with Gasteiger partial charge in [0, 0.05) is 31.7 Å². The van der Waals surface area contributed by atoms with Crippen LogP contribution in [-0.2, 0) is 22.7 Å². The number of anilines is 1. The molecule has 0 bridgehead atoms. The summed E-state index contributed by atoms with van der Waals surface area (Å²) in [4.78, 5) is 29.5. The largest absolute Gasteiger partial charge is 0.497 e. The van der Waals surface area contributed by atoms with E-state index in [9.17, 15) is 9.59 Å². The second-order valence-electron chi connectivity index (χ2n) is 8.83. The number of carbonyl (C=O) groups excluding carboxylic acids is 2. The minimum absolute atomic E-state index is 0.0187. The summed E-state index contributed by atoms with van der Waals surface area (Å²) >= 11 is 0. The number of amides is 2. The Kier molecular flexibility index (Phi) is 7.43. The third kappa shape index (κ3) is 5.68. The topological polar surface area (TPSA) is 61.9 Å². The maximum Gasteiger partial charge on any atom is 0.227 e. The first-order valence-corrected chi connectivity index (χ1v) is 11.6. The lowest BCUT2D eigenvalue weighted by molar-refractivity contribution is -0.126. The number of rotatable bonds is 7. The Labute approximate surface area is 190 Å². The van der Waals surface area contributed by atoms with E-state index in [1.54, 1.807) is 12.0 Å². The maximum atomic E-state index is 12.8. The van der Waals surface area contributed by atoms with Gasteiger partial charge in [0.1, 0.15) is 5.75 Å². The SMILES string of the molecule is COc1ccc(N2CC(C(=O)NCc3cccc(CN4CCCCCC4)c3)CC2=O)cc1. The molecule has 170 valence electrons. The molecule has 4 rings (SSSR count). The van der Waals surface area contributed by atoms with Crippen molar-refractivity contribution in [2.24, 2.45) is 5.92 Å². The highest BCUT2D eigenvalue weighted by molar-refractivity contribution is 6.00. The molecule has 2 saturated heterocycles. The molecule has 2 amide bonds. The minimum atomic E-state index is -0.329. The Morgan fingerprint density at radius 2 is 1.75 bits per heavy atom. The van der Waals surface area contributed by atoms with E-state index in [1.807, 2.05) is 24.3 Å². The fourth-order valence-corrected chi connectivity index (χ4v) is 4.62. The summed E-state index contributed by atoms with van der Waals surface area (Å²) in [6, 6.07) is 15.8. The first kappa shape index (κ1) is 22.3. The molecule has 2 heterocycles. The summed E-state index contributed by atoms with van der Waals surface area (Å²) in [6.45, 7) is 4.20. The lowest BCUT2D eigenvalue weighted by Gasteiger charge is -2.20. The van der Waals surface area contributed by atoms with Crippen LogP contribution < -0.4 is 15.0 Å². The number of carbonyl (C=O) groups is 2. The van der Waals surface area contributed by atoms with E-state index in [4.69, 9.17) is 4.74 Å². The lowest BCUT2D eigenvalue weighted by Crippen LogP contribution is -2.32. The van der Waals surface area contributed by atoms with Crippen molar-refractivity contribution < 1.29 is 14.3 Å². The van der Waals surface area contributed by atoms with Crippen molar-refractivity contribution in [1.82, 2.24) is 10.2 Å². The second-order valence-corrected chi connectivity index (χ2v) is 8.83. The van der Waals surface area contributed by atoms with Gasteiger partial charge in [0.05, 0.1) is 13.0 Å². The lowest BCUT2D eigenvalue weighted by atomic mass is 10.1. The predicted molar refractivity (Wildman–Crippen MR) is 125 cm³/mol. The van der Waals surface area contributed by atoms with Gasteiger partial charge in [-0.3, -0.25) is 14.5 Å². The van der Waals surface area contributed by atoms with Crippen molar-refractivity contribution in [1.29, 1.82) is 0 Å². The Balaban J connectivity index is 1.30. The number of benzene rings is 2. The van der Waals surface area contributed by atoms with Gasteiger partial charge in [-0.2, -0.15) is 0 Å². The highest BCUT2D eigenvalue weighted by atomic mass is 16.5. The summed E-state index contributed by atoms with van der Waals surface area (Å²) in [7, 11) is 1.61. The number of likely N-dealkylation sites (tertiary alicyclic amines) is 1. The molecule has 0 radical (unpaired) electrons. The molecule has 2 aromatic rings. The smallest absolute Gasteiger partial charge is 0.227 e. The number of ether oxygens (including phenoxy) is 1. The van der Waals surface area contributed by atoms with Crippen LogP contribution in [0.4, 0.5) is 5.69 Å². The number of hydrogen-bond acceptors (Lipinski definition) is 4. The molecular formula is C26H33N3O3.